The van der Waals surface area contributed by atoms with Gasteiger partial charge in [0.2, 0.25) is 11.8 Å². The molecule has 1 aliphatic rings. The first-order valence-corrected chi connectivity index (χ1v) is 11.9. The molecular weight excluding hydrogens is 456 g/mol. The predicted molar refractivity (Wildman–Crippen MR) is 138 cm³/mol. The van der Waals surface area contributed by atoms with Gasteiger partial charge in [-0.05, 0) is 70.0 Å². The average molecular weight is 485 g/mol. The van der Waals surface area contributed by atoms with Crippen LogP contribution in [0.2, 0.25) is 5.02 Å². The molecule has 0 radical (unpaired) electrons. The lowest BCUT2D eigenvalue weighted by Gasteiger charge is -2.30. The van der Waals surface area contributed by atoms with Gasteiger partial charge in [0.15, 0.2) is 5.17 Å². The fourth-order valence-electron chi connectivity index (χ4n) is 3.15. The number of anilines is 1. The van der Waals surface area contributed by atoms with Crippen molar-refractivity contribution in [1.82, 2.24) is 10.3 Å². The molecule has 1 atom stereocenters. The lowest BCUT2D eigenvalue weighted by Crippen LogP contribution is -2.35. The third-order valence-corrected chi connectivity index (χ3v) is 6.29. The number of carbonyl (C=O) groups is 2. The molecule has 0 aliphatic carbocycles. The summed E-state index contributed by atoms with van der Waals surface area (Å²) in [5.41, 5.74) is 3.54. The van der Waals surface area contributed by atoms with Crippen LogP contribution in [0, 0.1) is 13.8 Å². The number of hydrogen-bond donors (Lipinski definition) is 2. The molecule has 3 rings (SSSR count). The monoisotopic (exact) mass is 484 g/mol. The Labute approximate surface area is 204 Å². The van der Waals surface area contributed by atoms with Gasteiger partial charge in [0.05, 0.1) is 5.54 Å². The number of thioether (sulfide) groups is 1. The Morgan fingerprint density at radius 2 is 1.91 bits per heavy atom. The molecule has 1 aliphatic heterocycles. The van der Waals surface area contributed by atoms with Gasteiger partial charge in [-0.3, -0.25) is 14.6 Å². The topological polar surface area (TPSA) is 73.8 Å². The van der Waals surface area contributed by atoms with Gasteiger partial charge >= 0.3 is 0 Å². The van der Waals surface area contributed by atoms with Crippen LogP contribution in [0.15, 0.2) is 53.8 Å². The fraction of sp³-hybridized carbons (Fsp3) is 0.320. The summed E-state index contributed by atoms with van der Waals surface area (Å²) in [7, 11) is 0. The Balaban J connectivity index is 1.67. The summed E-state index contributed by atoms with van der Waals surface area (Å²) >= 11 is 7.22. The molecule has 1 heterocycles. The van der Waals surface area contributed by atoms with Crippen LogP contribution in [0.3, 0.4) is 0 Å². The number of aryl methyl sites for hydroxylation is 2. The molecule has 0 saturated carbocycles. The second-order valence-corrected chi connectivity index (χ2v) is 10.6. The van der Waals surface area contributed by atoms with Gasteiger partial charge in [-0.2, -0.15) is 0 Å². The van der Waals surface area contributed by atoms with E-state index in [1.807, 2.05) is 89.4 Å². The molecule has 2 aromatic carbocycles. The molecule has 0 bridgehead atoms. The van der Waals surface area contributed by atoms with Gasteiger partial charge in [-0.25, -0.2) is 0 Å². The van der Waals surface area contributed by atoms with E-state index in [1.54, 1.807) is 5.01 Å². The quantitative estimate of drug-likeness (QED) is 0.526. The number of benzene rings is 2. The molecule has 0 aromatic heterocycles. The highest BCUT2D eigenvalue weighted by Crippen LogP contribution is 2.26. The van der Waals surface area contributed by atoms with E-state index >= 15 is 0 Å². The Bertz CT molecular complexity index is 1090. The highest BCUT2D eigenvalue weighted by Gasteiger charge is 2.33. The molecule has 1 fully saturated rings. The first-order valence-electron chi connectivity index (χ1n) is 10.7. The van der Waals surface area contributed by atoms with Crippen LogP contribution in [0.1, 0.15) is 43.9 Å². The van der Waals surface area contributed by atoms with Gasteiger partial charge in [0.25, 0.3) is 0 Å². The summed E-state index contributed by atoms with van der Waals surface area (Å²) in [6, 6.07) is 13.3. The lowest BCUT2D eigenvalue weighted by molar-refractivity contribution is -0.122. The third-order valence-electron chi connectivity index (χ3n) is 4.97. The molecule has 6 nitrogen and oxygen atoms in total. The van der Waals surface area contributed by atoms with Crippen molar-refractivity contribution in [3.05, 3.63) is 70.4 Å². The second-order valence-electron chi connectivity index (χ2n) is 8.95. The highest BCUT2D eigenvalue weighted by atomic mass is 35.5. The summed E-state index contributed by atoms with van der Waals surface area (Å²) in [4.78, 5) is 25.0. The SMILES string of the molecule is Cc1ccc(NC(=O)C[C@H]2S/C(=N\N(/C=C/c3ccc(Cl)cc3)C(C)(C)C)NC2=O)c(C)c1. The summed E-state index contributed by atoms with van der Waals surface area (Å²) in [5, 5.41) is 12.8. The van der Waals surface area contributed by atoms with Crippen LogP contribution in [0.4, 0.5) is 5.69 Å². The minimum Gasteiger partial charge on any atom is -0.326 e. The number of halogens is 1. The number of hydrazone groups is 1. The van der Waals surface area contributed by atoms with Crippen molar-refractivity contribution < 1.29 is 9.59 Å². The van der Waals surface area contributed by atoms with Gasteiger partial charge in [0.1, 0.15) is 5.25 Å². The van der Waals surface area contributed by atoms with Gasteiger partial charge < -0.3 is 10.6 Å². The van der Waals surface area contributed by atoms with Crippen LogP contribution in [-0.4, -0.2) is 32.8 Å². The van der Waals surface area contributed by atoms with E-state index in [0.717, 1.165) is 22.4 Å². The van der Waals surface area contributed by atoms with Crippen LogP contribution < -0.4 is 10.6 Å². The van der Waals surface area contributed by atoms with Gasteiger partial charge in [-0.1, -0.05) is 53.2 Å². The molecule has 0 unspecified atom stereocenters. The van der Waals surface area contributed by atoms with Gasteiger partial charge in [0, 0.05) is 23.3 Å². The molecule has 0 spiro atoms. The van der Waals surface area contributed by atoms with E-state index in [4.69, 9.17) is 11.6 Å². The minimum atomic E-state index is -0.531. The van der Waals surface area contributed by atoms with E-state index in [1.165, 1.54) is 11.8 Å². The molecule has 8 heteroatoms. The standard InChI is InChI=1S/C25H29ClN4O2S/c1-16-6-11-20(17(2)14-16)27-22(31)15-21-23(32)28-24(33-21)29-30(25(3,4)5)13-12-18-7-9-19(26)10-8-18/h6-14,21H,15H2,1-5H3,(H,27,31)(H,28,29,32)/b13-12+/t21-/m1/s1. The minimum absolute atomic E-state index is 0.0684. The number of amides is 2. The maximum absolute atomic E-state index is 12.5. The van der Waals surface area contributed by atoms with Crippen LogP contribution in [0.5, 0.6) is 0 Å². The zero-order valence-electron chi connectivity index (χ0n) is 19.5. The van der Waals surface area contributed by atoms with Crippen molar-refractivity contribution in [2.75, 3.05) is 5.32 Å². The number of hydrogen-bond acceptors (Lipinski definition) is 5. The molecule has 2 amide bonds. The fourth-order valence-corrected chi connectivity index (χ4v) is 4.24. The van der Waals surface area contributed by atoms with Crippen LogP contribution in [-0.2, 0) is 9.59 Å². The lowest BCUT2D eigenvalue weighted by atomic mass is 10.1. The Hall–Kier alpha value is -2.77. The van der Waals surface area contributed by atoms with Crippen molar-refractivity contribution >= 4 is 52.1 Å². The molecule has 1 saturated heterocycles. The zero-order chi connectivity index (χ0) is 24.2. The van der Waals surface area contributed by atoms with Crippen molar-refractivity contribution in [1.29, 1.82) is 0 Å². The number of amidine groups is 1. The highest BCUT2D eigenvalue weighted by molar-refractivity contribution is 8.15. The average Bonchev–Trinajstić information content (AvgIpc) is 3.06. The van der Waals surface area contributed by atoms with E-state index < -0.39 is 5.25 Å². The molecular formula is C25H29ClN4O2S. The van der Waals surface area contributed by atoms with Crippen LogP contribution >= 0.6 is 23.4 Å². The van der Waals surface area contributed by atoms with Crippen molar-refractivity contribution in [3.8, 4) is 0 Å². The third kappa shape index (κ3) is 7.11. The maximum Gasteiger partial charge on any atom is 0.240 e. The Morgan fingerprint density at radius 1 is 1.21 bits per heavy atom. The maximum atomic E-state index is 12.5. The largest absolute Gasteiger partial charge is 0.326 e. The summed E-state index contributed by atoms with van der Waals surface area (Å²) in [5.74, 6) is -0.420. The summed E-state index contributed by atoms with van der Waals surface area (Å²) < 4.78 is 0. The van der Waals surface area contributed by atoms with Gasteiger partial charge in [-0.15, -0.1) is 5.10 Å². The van der Waals surface area contributed by atoms with E-state index in [0.29, 0.717) is 10.2 Å². The first kappa shape index (κ1) is 24.9. The normalized spacial score (nSPS) is 17.5. The molecule has 174 valence electrons. The summed E-state index contributed by atoms with van der Waals surface area (Å²) in [6.07, 6.45) is 3.87. The molecule has 2 aromatic rings. The Kier molecular flexibility index (Phi) is 7.87. The van der Waals surface area contributed by atoms with Crippen molar-refractivity contribution in [2.45, 2.75) is 51.8 Å². The van der Waals surface area contributed by atoms with E-state index in [2.05, 4.69) is 15.7 Å². The van der Waals surface area contributed by atoms with Crippen molar-refractivity contribution in [2.24, 2.45) is 5.10 Å². The number of carbonyl (C=O) groups excluding carboxylic acids is 2. The zero-order valence-corrected chi connectivity index (χ0v) is 21.1. The predicted octanol–water partition coefficient (Wildman–Crippen LogP) is 5.56. The molecule has 2 N–H and O–H groups in total. The number of nitrogens with zero attached hydrogens (tertiary/aromatic N) is 2. The van der Waals surface area contributed by atoms with E-state index in [9.17, 15) is 9.59 Å². The second kappa shape index (κ2) is 10.4. The van der Waals surface area contributed by atoms with E-state index in [-0.39, 0.29) is 23.8 Å². The van der Waals surface area contributed by atoms with Crippen LogP contribution in [0.25, 0.3) is 6.08 Å². The number of nitrogens with one attached hydrogen (secondary N) is 2. The summed E-state index contributed by atoms with van der Waals surface area (Å²) in [6.45, 7) is 10.0. The Morgan fingerprint density at radius 3 is 2.55 bits per heavy atom. The first-order chi connectivity index (χ1) is 15.5. The smallest absolute Gasteiger partial charge is 0.240 e. The number of rotatable bonds is 6. The van der Waals surface area contributed by atoms with Crippen molar-refractivity contribution in [3.63, 3.8) is 0 Å². The molecule has 33 heavy (non-hydrogen) atoms.